The molecule has 0 bridgehead atoms. The van der Waals surface area contributed by atoms with Crippen molar-refractivity contribution in [1.82, 2.24) is 20.2 Å². The van der Waals surface area contributed by atoms with Gasteiger partial charge in [0.05, 0.1) is 19.9 Å². The van der Waals surface area contributed by atoms with Gasteiger partial charge in [-0.1, -0.05) is 37.6 Å². The zero-order valence-corrected chi connectivity index (χ0v) is 26.5. The van der Waals surface area contributed by atoms with Gasteiger partial charge in [0.2, 0.25) is 0 Å². The van der Waals surface area contributed by atoms with Crippen molar-refractivity contribution in [1.29, 1.82) is 0 Å². The van der Waals surface area contributed by atoms with Crippen LogP contribution in [0, 0.1) is 0 Å². The van der Waals surface area contributed by atoms with Gasteiger partial charge in [-0.05, 0) is 92.7 Å². The third kappa shape index (κ3) is 6.74. The third-order valence-electron chi connectivity index (χ3n) is 9.14. The van der Waals surface area contributed by atoms with E-state index < -0.39 is 0 Å². The average Bonchev–Trinajstić information content (AvgIpc) is 3.58. The van der Waals surface area contributed by atoms with Crippen molar-refractivity contribution in [2.75, 3.05) is 58.4 Å². The van der Waals surface area contributed by atoms with Gasteiger partial charge in [0.1, 0.15) is 0 Å². The van der Waals surface area contributed by atoms with E-state index in [1.807, 2.05) is 12.1 Å². The summed E-state index contributed by atoms with van der Waals surface area (Å²) in [5.74, 6) is 1.50. The molecule has 2 aromatic heterocycles. The van der Waals surface area contributed by atoms with E-state index >= 15 is 0 Å². The number of nitrogens with one attached hydrogen (secondary N) is 3. The molecule has 7 nitrogen and oxygen atoms in total. The molecule has 2 fully saturated rings. The minimum Gasteiger partial charge on any atom is -0.493 e. The lowest BCUT2D eigenvalue weighted by Crippen LogP contribution is -2.50. The number of methoxy groups -OCH3 is 2. The Kier molecular flexibility index (Phi) is 9.73. The van der Waals surface area contributed by atoms with Crippen LogP contribution in [0.2, 0.25) is 0 Å². The number of aryl methyl sites for hydroxylation is 1. The Morgan fingerprint density at radius 2 is 1.61 bits per heavy atom. The maximum Gasteiger partial charge on any atom is 0.170 e. The fourth-order valence-electron chi connectivity index (χ4n) is 6.81. The Bertz CT molecular complexity index is 1610. The molecular formula is C37H47N5O2. The van der Waals surface area contributed by atoms with E-state index in [2.05, 4.69) is 92.7 Å². The Hall–Kier alpha value is -3.94. The van der Waals surface area contributed by atoms with Crippen molar-refractivity contribution in [3.63, 3.8) is 0 Å². The number of aromatic amines is 2. The third-order valence-corrected chi connectivity index (χ3v) is 9.14. The molecule has 2 aliphatic rings. The van der Waals surface area contributed by atoms with Crippen molar-refractivity contribution < 1.29 is 9.47 Å². The summed E-state index contributed by atoms with van der Waals surface area (Å²) in [6, 6.07) is 26.3. The summed E-state index contributed by atoms with van der Waals surface area (Å²) in [4.78, 5) is 12.2. The van der Waals surface area contributed by atoms with Crippen LogP contribution >= 0.6 is 0 Å². The Morgan fingerprint density at radius 1 is 0.773 bits per heavy atom. The fourth-order valence-corrected chi connectivity index (χ4v) is 6.81. The summed E-state index contributed by atoms with van der Waals surface area (Å²) < 4.78 is 11.1. The van der Waals surface area contributed by atoms with Gasteiger partial charge in [0.15, 0.2) is 11.5 Å². The number of aromatic nitrogens is 2. The number of H-pyrrole nitrogens is 2. The van der Waals surface area contributed by atoms with Crippen LogP contribution in [0.15, 0.2) is 72.8 Å². The van der Waals surface area contributed by atoms with Crippen molar-refractivity contribution in [3.8, 4) is 22.8 Å². The molecule has 1 atom stereocenters. The van der Waals surface area contributed by atoms with Crippen LogP contribution in [0.3, 0.4) is 0 Å². The first-order valence-corrected chi connectivity index (χ1v) is 16.3. The maximum atomic E-state index is 5.64. The number of hydrogen-bond donors (Lipinski definition) is 3. The van der Waals surface area contributed by atoms with Crippen LogP contribution in [0.25, 0.3) is 33.1 Å². The standard InChI is InChI=1S/C26H34N4O2.C11H13N/c1-31-25-7-3-6-22(26(25)32-2)24-18-19-17-21(8-9-23(19)28-24)30-15-13-29(14-16-30)20-5-4-11-27-12-10-20;1-2-5-10-8-9-6-3-4-7-11(9)12-10/h3,6-9,17-18,20,27-28H,4-5,10-16H2,1-2H3;3-4,6-8,12H,2,5H2,1H3. The normalized spacial score (nSPS) is 17.7. The van der Waals surface area contributed by atoms with E-state index in [1.54, 1.807) is 14.2 Å². The lowest BCUT2D eigenvalue weighted by Gasteiger charge is -2.40. The highest BCUT2D eigenvalue weighted by atomic mass is 16.5. The summed E-state index contributed by atoms with van der Waals surface area (Å²) in [5.41, 5.74) is 7.09. The molecule has 0 spiro atoms. The summed E-state index contributed by atoms with van der Waals surface area (Å²) in [7, 11) is 3.36. The van der Waals surface area contributed by atoms with E-state index in [1.165, 1.54) is 59.9 Å². The van der Waals surface area contributed by atoms with E-state index in [9.17, 15) is 0 Å². The number of piperazine rings is 1. The van der Waals surface area contributed by atoms with Gasteiger partial charge in [-0.15, -0.1) is 0 Å². The average molecular weight is 594 g/mol. The molecule has 4 heterocycles. The molecule has 0 saturated carbocycles. The molecular weight excluding hydrogens is 546 g/mol. The van der Waals surface area contributed by atoms with Gasteiger partial charge < -0.3 is 29.7 Å². The van der Waals surface area contributed by atoms with Crippen molar-refractivity contribution in [2.24, 2.45) is 0 Å². The monoisotopic (exact) mass is 593 g/mol. The van der Waals surface area contributed by atoms with Crippen LogP contribution in [0.1, 0.15) is 38.3 Å². The number of nitrogens with zero attached hydrogens (tertiary/aromatic N) is 2. The second-order valence-corrected chi connectivity index (χ2v) is 12.0. The predicted octanol–water partition coefficient (Wildman–Crippen LogP) is 7.24. The highest BCUT2D eigenvalue weighted by molar-refractivity contribution is 5.90. The van der Waals surface area contributed by atoms with Crippen LogP contribution in [-0.2, 0) is 6.42 Å². The SMILES string of the molecule is CCCc1cc2ccccc2[nH]1.COc1cccc(-c2cc3cc(N4CCN(C5CCCNCC5)CC4)ccc3[nH]2)c1OC. The van der Waals surface area contributed by atoms with Crippen LogP contribution in [-0.4, -0.2) is 74.4 Å². The topological polar surface area (TPSA) is 68.5 Å². The van der Waals surface area contributed by atoms with Crippen LogP contribution in [0.4, 0.5) is 5.69 Å². The molecule has 3 N–H and O–H groups in total. The minimum absolute atomic E-state index is 0.742. The number of para-hydroxylation sites is 2. The quantitative estimate of drug-likeness (QED) is 0.186. The molecule has 3 aromatic carbocycles. The van der Waals surface area contributed by atoms with Gasteiger partial charge in [0, 0.05) is 65.6 Å². The zero-order valence-electron chi connectivity index (χ0n) is 26.5. The predicted molar refractivity (Wildman–Crippen MR) is 183 cm³/mol. The van der Waals surface area contributed by atoms with E-state index in [0.29, 0.717) is 0 Å². The second-order valence-electron chi connectivity index (χ2n) is 12.0. The van der Waals surface area contributed by atoms with E-state index in [4.69, 9.17) is 9.47 Å². The van der Waals surface area contributed by atoms with Crippen LogP contribution < -0.4 is 19.7 Å². The van der Waals surface area contributed by atoms with Gasteiger partial charge in [-0.3, -0.25) is 4.90 Å². The molecule has 2 aliphatic heterocycles. The number of fused-ring (bicyclic) bond motifs is 2. The Balaban J connectivity index is 0.000000238. The molecule has 0 amide bonds. The first kappa shape index (κ1) is 30.1. The summed E-state index contributed by atoms with van der Waals surface area (Å²) >= 11 is 0. The van der Waals surface area contributed by atoms with Gasteiger partial charge in [0.25, 0.3) is 0 Å². The Morgan fingerprint density at radius 3 is 2.41 bits per heavy atom. The first-order valence-electron chi connectivity index (χ1n) is 16.3. The Labute approximate surface area is 261 Å². The lowest BCUT2D eigenvalue weighted by molar-refractivity contribution is 0.172. The van der Waals surface area contributed by atoms with Gasteiger partial charge in [-0.2, -0.15) is 0 Å². The molecule has 44 heavy (non-hydrogen) atoms. The van der Waals surface area contributed by atoms with E-state index in [0.717, 1.165) is 73.5 Å². The summed E-state index contributed by atoms with van der Waals surface area (Å²) in [5, 5.41) is 6.08. The second kappa shape index (κ2) is 14.2. The van der Waals surface area contributed by atoms with Crippen molar-refractivity contribution >= 4 is 27.5 Å². The molecule has 7 heteroatoms. The van der Waals surface area contributed by atoms with Gasteiger partial charge >= 0.3 is 0 Å². The maximum absolute atomic E-state index is 5.64. The number of benzene rings is 3. The first-order chi connectivity index (χ1) is 21.7. The summed E-state index contributed by atoms with van der Waals surface area (Å²) in [6.45, 7) is 9.04. The number of ether oxygens (including phenoxy) is 2. The van der Waals surface area contributed by atoms with Gasteiger partial charge in [-0.25, -0.2) is 0 Å². The highest BCUT2D eigenvalue weighted by Crippen LogP contribution is 2.39. The highest BCUT2D eigenvalue weighted by Gasteiger charge is 2.25. The fraction of sp³-hybridized carbons (Fsp3) is 0.405. The summed E-state index contributed by atoms with van der Waals surface area (Å²) in [6.07, 6.45) is 6.27. The van der Waals surface area contributed by atoms with Crippen LogP contribution in [0.5, 0.6) is 11.5 Å². The molecule has 0 aliphatic carbocycles. The zero-order chi connectivity index (χ0) is 30.3. The number of rotatable bonds is 7. The van der Waals surface area contributed by atoms with Crippen molar-refractivity contribution in [2.45, 2.75) is 45.1 Å². The molecule has 2 saturated heterocycles. The number of anilines is 1. The lowest BCUT2D eigenvalue weighted by atomic mass is 10.1. The largest absolute Gasteiger partial charge is 0.493 e. The number of hydrogen-bond acceptors (Lipinski definition) is 5. The molecule has 232 valence electrons. The molecule has 0 radical (unpaired) electrons. The minimum atomic E-state index is 0.742. The molecule has 7 rings (SSSR count). The van der Waals surface area contributed by atoms with E-state index in [-0.39, 0.29) is 0 Å². The molecule has 1 unspecified atom stereocenters. The van der Waals surface area contributed by atoms with Crippen molar-refractivity contribution in [3.05, 3.63) is 78.5 Å². The smallest absolute Gasteiger partial charge is 0.170 e. The molecule has 5 aromatic rings.